The molecule has 3 rings (SSSR count). The largest absolute Gasteiger partial charge is 0.491 e. The Balaban J connectivity index is 1.80. The van der Waals surface area contributed by atoms with Crippen molar-refractivity contribution in [3.05, 3.63) is 62.6 Å². The third-order valence-electron chi connectivity index (χ3n) is 3.96. The molecule has 9 heteroatoms. The van der Waals surface area contributed by atoms with Crippen molar-refractivity contribution in [2.75, 3.05) is 19.0 Å². The van der Waals surface area contributed by atoms with Gasteiger partial charge in [-0.05, 0) is 49.8 Å². The summed E-state index contributed by atoms with van der Waals surface area (Å²) >= 11 is 13.8. The minimum Gasteiger partial charge on any atom is -0.491 e. The molecule has 2 aromatic carbocycles. The Morgan fingerprint density at radius 2 is 1.90 bits per heavy atom. The van der Waals surface area contributed by atoms with Gasteiger partial charge in [-0.1, -0.05) is 52.2 Å². The molecule has 0 saturated heterocycles. The highest BCUT2D eigenvalue weighted by Crippen LogP contribution is 2.37. The summed E-state index contributed by atoms with van der Waals surface area (Å²) in [6, 6.07) is 10.9. The predicted molar refractivity (Wildman–Crippen MR) is 122 cm³/mol. The number of carbonyl (C=O) groups excluding carboxylic acids is 1. The van der Waals surface area contributed by atoms with Crippen molar-refractivity contribution in [3.8, 4) is 11.5 Å². The van der Waals surface area contributed by atoms with Crippen LogP contribution in [0, 0.1) is 6.92 Å². The third kappa shape index (κ3) is 5.30. The summed E-state index contributed by atoms with van der Waals surface area (Å²) in [5.74, 6) is 0.620. The number of amides is 1. The average Bonchev–Trinajstić information content (AvgIpc) is 3.20. The van der Waals surface area contributed by atoms with E-state index in [9.17, 15) is 4.79 Å². The molecule has 1 heterocycles. The van der Waals surface area contributed by atoms with Crippen molar-refractivity contribution in [3.63, 3.8) is 0 Å². The van der Waals surface area contributed by atoms with Gasteiger partial charge in [0.15, 0.2) is 16.5 Å². The first-order valence-corrected chi connectivity index (χ1v) is 10.6. The molecule has 0 aliphatic carbocycles. The number of anilines is 1. The summed E-state index contributed by atoms with van der Waals surface area (Å²) in [7, 11) is 1.52. The molecule has 1 amide bonds. The monoisotopic (exact) mass is 463 g/mol. The molecule has 0 aliphatic rings. The molecule has 156 valence electrons. The summed E-state index contributed by atoms with van der Waals surface area (Å²) in [5.41, 5.74) is 2.49. The van der Waals surface area contributed by atoms with Crippen LogP contribution >= 0.6 is 34.5 Å². The number of hydrogen-bond acceptors (Lipinski definition) is 6. The Morgan fingerprint density at radius 3 is 2.57 bits per heavy atom. The van der Waals surface area contributed by atoms with Crippen molar-refractivity contribution in [1.82, 2.24) is 10.2 Å². The standard InChI is InChI=1S/C21H19Cl2N3O3S/c1-4-29-17-11-13(9-15(22)18(17)28-3)10-16(23)20-25-26-21(30-20)19(27)24-14-7-5-12(2)6-8-14/h5-11H,4H2,1-3H3,(H,24,27)/b16-10-. The molecular weight excluding hydrogens is 445 g/mol. The zero-order valence-electron chi connectivity index (χ0n) is 16.5. The predicted octanol–water partition coefficient (Wildman–Crippen LogP) is 5.90. The number of hydrogen-bond donors (Lipinski definition) is 1. The molecule has 0 bridgehead atoms. The number of aromatic nitrogens is 2. The maximum absolute atomic E-state index is 12.4. The number of ether oxygens (including phenoxy) is 2. The average molecular weight is 464 g/mol. The summed E-state index contributed by atoms with van der Waals surface area (Å²) < 4.78 is 10.9. The number of nitrogens with one attached hydrogen (secondary N) is 1. The van der Waals surface area contributed by atoms with Gasteiger partial charge in [-0.3, -0.25) is 4.79 Å². The molecule has 0 atom stereocenters. The molecule has 3 aromatic rings. The SMILES string of the molecule is CCOc1cc(/C=C(\Cl)c2nnc(C(=O)Nc3ccc(C)cc3)s2)cc(Cl)c1OC. The highest BCUT2D eigenvalue weighted by atomic mass is 35.5. The number of carbonyl (C=O) groups is 1. The van der Waals surface area contributed by atoms with Gasteiger partial charge in [0.1, 0.15) is 0 Å². The second kappa shape index (κ2) is 9.93. The van der Waals surface area contributed by atoms with E-state index in [2.05, 4.69) is 15.5 Å². The lowest BCUT2D eigenvalue weighted by molar-refractivity contribution is 0.102. The zero-order chi connectivity index (χ0) is 21.7. The van der Waals surface area contributed by atoms with Crippen molar-refractivity contribution in [2.45, 2.75) is 13.8 Å². The van der Waals surface area contributed by atoms with E-state index in [1.54, 1.807) is 18.2 Å². The molecule has 1 N–H and O–H groups in total. The van der Waals surface area contributed by atoms with Crippen LogP contribution in [0.15, 0.2) is 36.4 Å². The summed E-state index contributed by atoms with van der Waals surface area (Å²) in [5, 5.41) is 12.1. The summed E-state index contributed by atoms with van der Waals surface area (Å²) in [6.45, 7) is 4.31. The van der Waals surface area contributed by atoms with Crippen molar-refractivity contribution < 1.29 is 14.3 Å². The number of benzene rings is 2. The molecule has 6 nitrogen and oxygen atoms in total. The number of halogens is 2. The Labute approximate surface area is 188 Å². The van der Waals surface area contributed by atoms with Crippen molar-refractivity contribution in [1.29, 1.82) is 0 Å². The Bertz CT molecular complexity index is 1080. The quantitative estimate of drug-likeness (QED) is 0.472. The fourth-order valence-corrected chi connectivity index (χ4v) is 3.80. The van der Waals surface area contributed by atoms with Gasteiger partial charge >= 0.3 is 0 Å². The first-order chi connectivity index (χ1) is 14.4. The lowest BCUT2D eigenvalue weighted by Gasteiger charge is -2.11. The molecule has 0 unspecified atom stereocenters. The van der Waals surface area contributed by atoms with Gasteiger partial charge in [0.2, 0.25) is 5.01 Å². The highest BCUT2D eigenvalue weighted by molar-refractivity contribution is 7.15. The van der Waals surface area contributed by atoms with Crippen LogP contribution in [0.4, 0.5) is 5.69 Å². The topological polar surface area (TPSA) is 73.3 Å². The Hall–Kier alpha value is -2.61. The second-order valence-corrected chi connectivity index (χ2v) is 7.98. The Kier molecular flexibility index (Phi) is 7.31. The van der Waals surface area contributed by atoms with Gasteiger partial charge in [0.05, 0.1) is 23.8 Å². The molecule has 0 spiro atoms. The maximum atomic E-state index is 12.4. The molecule has 30 heavy (non-hydrogen) atoms. The van der Waals surface area contributed by atoms with Crippen molar-refractivity contribution >= 4 is 57.2 Å². The van der Waals surface area contributed by atoms with E-state index in [1.807, 2.05) is 38.1 Å². The van der Waals surface area contributed by atoms with Gasteiger partial charge in [-0.25, -0.2) is 0 Å². The first-order valence-electron chi connectivity index (χ1n) is 9.00. The van der Waals surface area contributed by atoms with Crippen LogP contribution < -0.4 is 14.8 Å². The molecule has 0 radical (unpaired) electrons. The normalized spacial score (nSPS) is 11.3. The van der Waals surface area contributed by atoms with E-state index >= 15 is 0 Å². The fraction of sp³-hybridized carbons (Fsp3) is 0.190. The minimum atomic E-state index is -0.349. The summed E-state index contributed by atoms with van der Waals surface area (Å²) in [4.78, 5) is 12.4. The van der Waals surface area contributed by atoms with Crippen LogP contribution in [0.5, 0.6) is 11.5 Å². The number of methoxy groups -OCH3 is 1. The van der Waals surface area contributed by atoms with E-state index in [-0.39, 0.29) is 10.9 Å². The molecule has 0 fully saturated rings. The zero-order valence-corrected chi connectivity index (χ0v) is 18.9. The highest BCUT2D eigenvalue weighted by Gasteiger charge is 2.16. The van der Waals surface area contributed by atoms with Crippen LogP contribution in [0.3, 0.4) is 0 Å². The van der Waals surface area contributed by atoms with Crippen LogP contribution in [0.25, 0.3) is 11.1 Å². The van der Waals surface area contributed by atoms with E-state index in [4.69, 9.17) is 32.7 Å². The van der Waals surface area contributed by atoms with Crippen LogP contribution in [0.2, 0.25) is 5.02 Å². The van der Waals surface area contributed by atoms with Gasteiger partial charge in [0.25, 0.3) is 5.91 Å². The van der Waals surface area contributed by atoms with Gasteiger partial charge in [-0.2, -0.15) is 0 Å². The minimum absolute atomic E-state index is 0.208. The lowest BCUT2D eigenvalue weighted by atomic mass is 10.2. The van der Waals surface area contributed by atoms with E-state index in [0.717, 1.165) is 16.9 Å². The van der Waals surface area contributed by atoms with Gasteiger partial charge in [-0.15, -0.1) is 10.2 Å². The summed E-state index contributed by atoms with van der Waals surface area (Å²) in [6.07, 6.45) is 1.68. The van der Waals surface area contributed by atoms with Crippen molar-refractivity contribution in [2.24, 2.45) is 0 Å². The van der Waals surface area contributed by atoms with E-state index < -0.39 is 0 Å². The lowest BCUT2D eigenvalue weighted by Crippen LogP contribution is -2.11. The number of nitrogens with zero attached hydrogens (tertiary/aromatic N) is 2. The van der Waals surface area contributed by atoms with Gasteiger partial charge < -0.3 is 14.8 Å². The van der Waals surface area contributed by atoms with Crippen LogP contribution in [-0.4, -0.2) is 29.8 Å². The third-order valence-corrected chi connectivity index (χ3v) is 5.60. The Morgan fingerprint density at radius 1 is 1.20 bits per heavy atom. The number of rotatable bonds is 7. The smallest absolute Gasteiger partial charge is 0.286 e. The maximum Gasteiger partial charge on any atom is 0.286 e. The molecular formula is C21H19Cl2N3O3S. The van der Waals surface area contributed by atoms with Crippen LogP contribution in [-0.2, 0) is 0 Å². The molecule has 1 aromatic heterocycles. The molecule has 0 aliphatic heterocycles. The fourth-order valence-electron chi connectivity index (χ4n) is 2.57. The van der Waals surface area contributed by atoms with Gasteiger partial charge in [0, 0.05) is 5.69 Å². The first kappa shape index (κ1) is 22.1. The second-order valence-electron chi connectivity index (χ2n) is 6.19. The van der Waals surface area contributed by atoms with E-state index in [1.165, 1.54) is 7.11 Å². The van der Waals surface area contributed by atoms with Crippen LogP contribution in [0.1, 0.15) is 32.9 Å². The number of aryl methyl sites for hydroxylation is 1. The van der Waals surface area contributed by atoms with E-state index in [0.29, 0.717) is 44.4 Å². The molecule has 0 saturated carbocycles.